The molecule has 0 saturated carbocycles. The van der Waals surface area contributed by atoms with Gasteiger partial charge in [0.25, 0.3) is 0 Å². The highest BCUT2D eigenvalue weighted by atomic mass is 32.2. The van der Waals surface area contributed by atoms with E-state index in [-0.39, 0.29) is 17.5 Å². The third kappa shape index (κ3) is 3.96. The van der Waals surface area contributed by atoms with Crippen LogP contribution in [0, 0.1) is 0 Å². The molecular weight excluding hydrogens is 340 g/mol. The molecule has 2 heterocycles. The molecule has 1 N–H and O–H groups in total. The van der Waals surface area contributed by atoms with Gasteiger partial charge < -0.3 is 9.88 Å². The van der Waals surface area contributed by atoms with E-state index < -0.39 is 10.0 Å². The highest BCUT2D eigenvalue weighted by Crippen LogP contribution is 2.24. The Morgan fingerprint density at radius 2 is 1.88 bits per heavy atom. The highest BCUT2D eigenvalue weighted by Gasteiger charge is 2.23. The molecule has 138 valence electrons. The molecule has 7 nitrogen and oxygen atoms in total. The maximum Gasteiger partial charge on any atom is 0.326 e. The van der Waals surface area contributed by atoms with Gasteiger partial charge >= 0.3 is 5.69 Å². The number of benzene rings is 1. The van der Waals surface area contributed by atoms with Crippen LogP contribution in [0.4, 0.5) is 0 Å². The summed E-state index contributed by atoms with van der Waals surface area (Å²) in [4.78, 5) is 17.5. The van der Waals surface area contributed by atoms with Gasteiger partial charge in [-0.2, -0.15) is 0 Å². The second-order valence-corrected chi connectivity index (χ2v) is 9.14. The van der Waals surface area contributed by atoms with Crippen molar-refractivity contribution in [1.82, 2.24) is 18.8 Å². The van der Waals surface area contributed by atoms with Crippen LogP contribution in [0.3, 0.4) is 0 Å². The topological polar surface area (TPSA) is 78.4 Å². The number of imidazole rings is 1. The fourth-order valence-electron chi connectivity index (χ4n) is 3.49. The molecule has 1 fully saturated rings. The molecule has 0 bridgehead atoms. The monoisotopic (exact) mass is 366 g/mol. The predicted octanol–water partition coefficient (Wildman–Crippen LogP) is 1.25. The first-order valence-corrected chi connectivity index (χ1v) is 10.3. The molecule has 2 aromatic rings. The minimum atomic E-state index is -3.12. The van der Waals surface area contributed by atoms with Gasteiger partial charge in [-0.15, -0.1) is 0 Å². The van der Waals surface area contributed by atoms with Crippen LogP contribution in [-0.2, 0) is 10.0 Å². The molecule has 1 saturated heterocycles. The van der Waals surface area contributed by atoms with Crippen molar-refractivity contribution >= 4 is 21.1 Å². The molecule has 1 aliphatic heterocycles. The molecule has 25 heavy (non-hydrogen) atoms. The molecule has 3 rings (SSSR count). The number of rotatable bonds is 6. The predicted molar refractivity (Wildman–Crippen MR) is 99.4 cm³/mol. The number of likely N-dealkylation sites (tertiary alicyclic amines) is 1. The molecule has 0 amide bonds. The van der Waals surface area contributed by atoms with Crippen molar-refractivity contribution in [3.63, 3.8) is 0 Å². The molecule has 8 heteroatoms. The fourth-order valence-corrected chi connectivity index (χ4v) is 4.35. The number of aromatic amines is 1. The number of H-pyrrole nitrogens is 1. The Bertz CT molecular complexity index is 877. The summed E-state index contributed by atoms with van der Waals surface area (Å²) in [6.07, 6.45) is 2.45. The van der Waals surface area contributed by atoms with E-state index in [1.165, 1.54) is 4.31 Å². The van der Waals surface area contributed by atoms with E-state index in [9.17, 15) is 13.2 Å². The quantitative estimate of drug-likeness (QED) is 0.835. The molecule has 0 atom stereocenters. The molecular formula is C17H26N4O3S. The SMILES string of the molecule is CN(C)S(=O)(=O)CCCN1CCC(n2c(=O)[nH]c3ccccc32)CC1. The first kappa shape index (κ1) is 18.2. The van der Waals surface area contributed by atoms with Gasteiger partial charge in [-0.05, 0) is 37.9 Å². The number of piperidine rings is 1. The Balaban J connectivity index is 1.57. The number of nitrogens with zero attached hydrogens (tertiary/aromatic N) is 3. The van der Waals surface area contributed by atoms with Crippen LogP contribution in [0.2, 0.25) is 0 Å². The second-order valence-electron chi connectivity index (χ2n) is 6.84. The average Bonchev–Trinajstić information content (AvgIpc) is 2.91. The van der Waals surface area contributed by atoms with E-state index in [4.69, 9.17) is 0 Å². The van der Waals surface area contributed by atoms with Gasteiger partial charge in [0.05, 0.1) is 16.8 Å². The zero-order valence-electron chi connectivity index (χ0n) is 14.8. The van der Waals surface area contributed by atoms with Gasteiger partial charge in [0, 0.05) is 33.2 Å². The van der Waals surface area contributed by atoms with E-state index in [0.717, 1.165) is 43.5 Å². The van der Waals surface area contributed by atoms with Crippen molar-refractivity contribution in [1.29, 1.82) is 0 Å². The third-order valence-electron chi connectivity index (χ3n) is 4.98. The van der Waals surface area contributed by atoms with Crippen molar-refractivity contribution in [2.24, 2.45) is 0 Å². The number of hydrogen-bond donors (Lipinski definition) is 1. The summed E-state index contributed by atoms with van der Waals surface area (Å²) in [6, 6.07) is 7.98. The third-order valence-corrected chi connectivity index (χ3v) is 6.90. The van der Waals surface area contributed by atoms with Gasteiger partial charge in [-0.25, -0.2) is 17.5 Å². The largest absolute Gasteiger partial charge is 0.326 e. The van der Waals surface area contributed by atoms with Crippen molar-refractivity contribution in [2.75, 3.05) is 39.5 Å². The van der Waals surface area contributed by atoms with Crippen LogP contribution >= 0.6 is 0 Å². The summed E-state index contributed by atoms with van der Waals surface area (Å²) < 4.78 is 26.8. The Hall–Kier alpha value is -1.64. The molecule has 0 aliphatic carbocycles. The normalized spacial score (nSPS) is 17.6. The zero-order valence-corrected chi connectivity index (χ0v) is 15.6. The first-order chi connectivity index (χ1) is 11.9. The van der Waals surface area contributed by atoms with E-state index in [1.54, 1.807) is 14.1 Å². The van der Waals surface area contributed by atoms with E-state index in [0.29, 0.717) is 6.42 Å². The first-order valence-electron chi connectivity index (χ1n) is 8.70. The van der Waals surface area contributed by atoms with Crippen LogP contribution in [0.1, 0.15) is 25.3 Å². The lowest BCUT2D eigenvalue weighted by atomic mass is 10.0. The number of para-hydroxylation sites is 2. The van der Waals surface area contributed by atoms with Gasteiger partial charge in [0.1, 0.15) is 0 Å². The Kier molecular flexibility index (Phi) is 5.31. The molecule has 1 aromatic carbocycles. The summed E-state index contributed by atoms with van der Waals surface area (Å²) >= 11 is 0. The second kappa shape index (κ2) is 7.31. The van der Waals surface area contributed by atoms with E-state index in [1.807, 2.05) is 28.8 Å². The molecule has 1 aliphatic rings. The standard InChI is InChI=1S/C17H26N4O3S/c1-19(2)25(23,24)13-5-10-20-11-8-14(9-12-20)21-16-7-4-3-6-15(16)18-17(21)22/h3-4,6-7,14H,5,8-13H2,1-2H3,(H,18,22). The van der Waals surface area contributed by atoms with E-state index in [2.05, 4.69) is 9.88 Å². The van der Waals surface area contributed by atoms with Crippen molar-refractivity contribution in [3.8, 4) is 0 Å². The average molecular weight is 366 g/mol. The number of aromatic nitrogens is 2. The maximum absolute atomic E-state index is 12.3. The number of hydrogen-bond acceptors (Lipinski definition) is 4. The Morgan fingerprint density at radius 1 is 1.20 bits per heavy atom. The molecule has 0 spiro atoms. The lowest BCUT2D eigenvalue weighted by Gasteiger charge is -2.32. The summed E-state index contributed by atoms with van der Waals surface area (Å²) in [5.74, 6) is 0.182. The Labute approximate surface area is 148 Å². The zero-order chi connectivity index (χ0) is 18.0. The van der Waals surface area contributed by atoms with Crippen LogP contribution in [0.5, 0.6) is 0 Å². The van der Waals surface area contributed by atoms with Gasteiger partial charge in [-0.1, -0.05) is 12.1 Å². The highest BCUT2D eigenvalue weighted by molar-refractivity contribution is 7.89. The smallest absolute Gasteiger partial charge is 0.306 e. The summed E-state index contributed by atoms with van der Waals surface area (Å²) in [5.41, 5.74) is 1.79. The molecule has 0 unspecified atom stereocenters. The Morgan fingerprint density at radius 3 is 2.56 bits per heavy atom. The van der Waals surface area contributed by atoms with Crippen molar-refractivity contribution in [2.45, 2.75) is 25.3 Å². The van der Waals surface area contributed by atoms with Crippen LogP contribution < -0.4 is 5.69 Å². The van der Waals surface area contributed by atoms with Gasteiger partial charge in [-0.3, -0.25) is 4.57 Å². The number of sulfonamides is 1. The van der Waals surface area contributed by atoms with Crippen molar-refractivity contribution in [3.05, 3.63) is 34.7 Å². The van der Waals surface area contributed by atoms with Gasteiger partial charge in [0.2, 0.25) is 10.0 Å². The van der Waals surface area contributed by atoms with Crippen LogP contribution in [-0.4, -0.2) is 66.7 Å². The number of nitrogens with one attached hydrogen (secondary N) is 1. The van der Waals surface area contributed by atoms with Crippen LogP contribution in [0.15, 0.2) is 29.1 Å². The minimum absolute atomic E-state index is 0.0447. The summed E-state index contributed by atoms with van der Waals surface area (Å²) in [6.45, 7) is 2.56. The molecule has 1 aromatic heterocycles. The lowest BCUT2D eigenvalue weighted by Crippen LogP contribution is -2.38. The number of fused-ring (bicyclic) bond motifs is 1. The van der Waals surface area contributed by atoms with E-state index >= 15 is 0 Å². The summed E-state index contributed by atoms with van der Waals surface area (Å²) in [7, 11) is 0.0203. The van der Waals surface area contributed by atoms with Gasteiger partial charge in [0.15, 0.2) is 0 Å². The fraction of sp³-hybridized carbons (Fsp3) is 0.588. The van der Waals surface area contributed by atoms with Crippen LogP contribution in [0.25, 0.3) is 11.0 Å². The maximum atomic E-state index is 12.3. The molecule has 0 radical (unpaired) electrons. The van der Waals surface area contributed by atoms with Crippen molar-refractivity contribution < 1.29 is 8.42 Å². The minimum Gasteiger partial charge on any atom is -0.306 e. The summed E-state index contributed by atoms with van der Waals surface area (Å²) in [5, 5.41) is 0. The lowest BCUT2D eigenvalue weighted by molar-refractivity contribution is 0.187.